The lowest BCUT2D eigenvalue weighted by Crippen LogP contribution is -2.37. The molecule has 0 bridgehead atoms. The van der Waals surface area contributed by atoms with Crippen molar-refractivity contribution in [2.75, 3.05) is 11.9 Å². The van der Waals surface area contributed by atoms with Crippen molar-refractivity contribution in [1.82, 2.24) is 5.32 Å². The molecule has 1 aromatic rings. The quantitative estimate of drug-likeness (QED) is 0.790. The van der Waals surface area contributed by atoms with E-state index in [2.05, 4.69) is 10.6 Å². The van der Waals surface area contributed by atoms with Crippen LogP contribution in [0.25, 0.3) is 0 Å². The van der Waals surface area contributed by atoms with Crippen molar-refractivity contribution in [1.29, 1.82) is 0 Å². The number of aliphatic hydroxyl groups excluding tert-OH is 1. The lowest BCUT2D eigenvalue weighted by Gasteiger charge is -2.24. The van der Waals surface area contributed by atoms with Crippen molar-refractivity contribution in [3.05, 3.63) is 24.3 Å². The maximum Gasteiger partial charge on any atom is 0.238 e. The van der Waals surface area contributed by atoms with Gasteiger partial charge in [-0.1, -0.05) is 18.6 Å². The van der Waals surface area contributed by atoms with Crippen LogP contribution in [0.2, 0.25) is 0 Å². The Kier molecular flexibility index (Phi) is 4.69. The fourth-order valence-electron chi connectivity index (χ4n) is 2.97. The Balaban J connectivity index is 1.52. The van der Waals surface area contributed by atoms with Crippen LogP contribution in [0.15, 0.2) is 29.2 Å². The molecule has 1 fully saturated rings. The zero-order chi connectivity index (χ0) is 15.5. The second kappa shape index (κ2) is 6.71. The SMILES string of the molecule is O=C(C[C@@H]1Sc2ccccc2NC1=O)NC[C@@H]1CCC[C@@H]1O. The fraction of sp³-hybridized carbons (Fsp3) is 0.500. The molecule has 0 aromatic heterocycles. The van der Waals surface area contributed by atoms with E-state index in [-0.39, 0.29) is 30.3 Å². The van der Waals surface area contributed by atoms with E-state index in [0.29, 0.717) is 6.54 Å². The average molecular weight is 320 g/mol. The number of hydrogen-bond acceptors (Lipinski definition) is 4. The third-order valence-electron chi connectivity index (χ3n) is 4.26. The minimum Gasteiger partial charge on any atom is -0.393 e. The van der Waals surface area contributed by atoms with Crippen LogP contribution in [0.1, 0.15) is 25.7 Å². The van der Waals surface area contributed by atoms with Crippen LogP contribution >= 0.6 is 11.8 Å². The monoisotopic (exact) mass is 320 g/mol. The first kappa shape index (κ1) is 15.4. The first-order chi connectivity index (χ1) is 10.6. The number of benzene rings is 1. The van der Waals surface area contributed by atoms with Crippen molar-refractivity contribution in [3.63, 3.8) is 0 Å². The van der Waals surface area contributed by atoms with Crippen LogP contribution in [0, 0.1) is 5.92 Å². The number of carbonyl (C=O) groups is 2. The minimum atomic E-state index is -0.400. The molecule has 2 aliphatic rings. The molecule has 3 atom stereocenters. The highest BCUT2D eigenvalue weighted by atomic mass is 32.2. The second-order valence-electron chi connectivity index (χ2n) is 5.86. The molecule has 6 heteroatoms. The lowest BCUT2D eigenvalue weighted by atomic mass is 10.1. The highest BCUT2D eigenvalue weighted by Crippen LogP contribution is 2.36. The van der Waals surface area contributed by atoms with Crippen LogP contribution < -0.4 is 10.6 Å². The first-order valence-electron chi connectivity index (χ1n) is 7.65. The van der Waals surface area contributed by atoms with Gasteiger partial charge in [0.15, 0.2) is 0 Å². The number of anilines is 1. The molecule has 118 valence electrons. The van der Waals surface area contributed by atoms with E-state index in [1.807, 2.05) is 24.3 Å². The van der Waals surface area contributed by atoms with Gasteiger partial charge in [0.25, 0.3) is 0 Å². The topological polar surface area (TPSA) is 78.4 Å². The predicted octanol–water partition coefficient (Wildman–Crippen LogP) is 1.77. The van der Waals surface area contributed by atoms with Crippen LogP contribution in [0.3, 0.4) is 0 Å². The Morgan fingerprint density at radius 3 is 2.95 bits per heavy atom. The summed E-state index contributed by atoms with van der Waals surface area (Å²) in [4.78, 5) is 25.1. The van der Waals surface area contributed by atoms with Gasteiger partial charge in [-0.15, -0.1) is 11.8 Å². The van der Waals surface area contributed by atoms with E-state index < -0.39 is 5.25 Å². The molecule has 0 saturated heterocycles. The Bertz CT molecular complexity index is 578. The third-order valence-corrected chi connectivity index (χ3v) is 5.53. The van der Waals surface area contributed by atoms with E-state index >= 15 is 0 Å². The highest BCUT2D eigenvalue weighted by molar-refractivity contribution is 8.01. The Labute approximate surface area is 133 Å². The maximum atomic E-state index is 12.1. The number of hydrogen-bond donors (Lipinski definition) is 3. The number of fused-ring (bicyclic) bond motifs is 1. The normalized spacial score (nSPS) is 27.1. The van der Waals surface area contributed by atoms with Crippen LogP contribution in [0.5, 0.6) is 0 Å². The standard InChI is InChI=1S/C16H20N2O3S/c19-12-6-3-4-10(12)9-17-15(20)8-14-16(21)18-11-5-1-2-7-13(11)22-14/h1-2,5,7,10,12,14,19H,3-4,6,8-9H2,(H,17,20)(H,18,21)/t10-,12-,14-/m0/s1. The van der Waals surface area contributed by atoms with Crippen LogP contribution in [0.4, 0.5) is 5.69 Å². The lowest BCUT2D eigenvalue weighted by molar-refractivity contribution is -0.124. The fourth-order valence-corrected chi connectivity index (χ4v) is 4.08. The number of aliphatic hydroxyl groups is 1. The number of amides is 2. The van der Waals surface area contributed by atoms with Gasteiger partial charge in [-0.2, -0.15) is 0 Å². The summed E-state index contributed by atoms with van der Waals surface area (Å²) in [5, 5.41) is 15.0. The Hall–Kier alpha value is -1.53. The zero-order valence-corrected chi connectivity index (χ0v) is 13.1. The molecule has 1 aliphatic carbocycles. The molecule has 3 N–H and O–H groups in total. The van der Waals surface area contributed by atoms with Crippen molar-refractivity contribution in [3.8, 4) is 0 Å². The summed E-state index contributed by atoms with van der Waals surface area (Å²) >= 11 is 1.43. The van der Waals surface area contributed by atoms with Crippen molar-refractivity contribution >= 4 is 29.3 Å². The summed E-state index contributed by atoms with van der Waals surface area (Å²) in [7, 11) is 0. The van der Waals surface area contributed by atoms with Gasteiger partial charge in [0.05, 0.1) is 17.0 Å². The molecule has 2 amide bonds. The number of nitrogens with one attached hydrogen (secondary N) is 2. The molecule has 1 aromatic carbocycles. The number of rotatable bonds is 4. The van der Waals surface area contributed by atoms with Crippen LogP contribution in [-0.2, 0) is 9.59 Å². The first-order valence-corrected chi connectivity index (χ1v) is 8.53. The van der Waals surface area contributed by atoms with Gasteiger partial charge >= 0.3 is 0 Å². The molecule has 1 heterocycles. The van der Waals surface area contributed by atoms with Crippen LogP contribution in [-0.4, -0.2) is 34.8 Å². The van der Waals surface area contributed by atoms with Gasteiger partial charge in [0, 0.05) is 23.8 Å². The molecular weight excluding hydrogens is 300 g/mol. The Morgan fingerprint density at radius 2 is 2.18 bits per heavy atom. The summed E-state index contributed by atoms with van der Waals surface area (Å²) in [6.07, 6.45) is 2.64. The van der Waals surface area contributed by atoms with Crippen molar-refractivity contribution in [2.24, 2.45) is 5.92 Å². The number of para-hydroxylation sites is 1. The van der Waals surface area contributed by atoms with Gasteiger partial charge in [0.1, 0.15) is 0 Å². The van der Waals surface area contributed by atoms with Gasteiger partial charge in [-0.05, 0) is 25.0 Å². The molecule has 0 unspecified atom stereocenters. The molecular formula is C16H20N2O3S. The average Bonchev–Trinajstić information content (AvgIpc) is 2.91. The van der Waals surface area contributed by atoms with Gasteiger partial charge in [0.2, 0.25) is 11.8 Å². The molecule has 22 heavy (non-hydrogen) atoms. The highest BCUT2D eigenvalue weighted by Gasteiger charge is 2.30. The summed E-state index contributed by atoms with van der Waals surface area (Å²) in [5.41, 5.74) is 0.809. The summed E-state index contributed by atoms with van der Waals surface area (Å²) in [6.45, 7) is 0.496. The molecule has 5 nitrogen and oxygen atoms in total. The molecule has 3 rings (SSSR count). The summed E-state index contributed by atoms with van der Waals surface area (Å²) in [6, 6.07) is 7.60. The third kappa shape index (κ3) is 3.44. The molecule has 0 spiro atoms. The van der Waals surface area contributed by atoms with E-state index in [1.165, 1.54) is 11.8 Å². The zero-order valence-electron chi connectivity index (χ0n) is 12.2. The summed E-state index contributed by atoms with van der Waals surface area (Å²) in [5.74, 6) is -0.108. The second-order valence-corrected chi connectivity index (χ2v) is 7.10. The number of carbonyl (C=O) groups excluding carboxylic acids is 2. The van der Waals surface area contributed by atoms with Gasteiger partial charge < -0.3 is 15.7 Å². The van der Waals surface area contributed by atoms with Gasteiger partial charge in [-0.3, -0.25) is 9.59 Å². The molecule has 1 aliphatic heterocycles. The largest absolute Gasteiger partial charge is 0.393 e. The Morgan fingerprint density at radius 1 is 1.36 bits per heavy atom. The summed E-state index contributed by atoms with van der Waals surface area (Å²) < 4.78 is 0. The molecule has 1 saturated carbocycles. The van der Waals surface area contributed by atoms with E-state index in [4.69, 9.17) is 0 Å². The van der Waals surface area contributed by atoms with E-state index in [1.54, 1.807) is 0 Å². The number of thioether (sulfide) groups is 1. The molecule has 0 radical (unpaired) electrons. The smallest absolute Gasteiger partial charge is 0.238 e. The van der Waals surface area contributed by atoms with E-state index in [0.717, 1.165) is 29.8 Å². The van der Waals surface area contributed by atoms with Crippen molar-refractivity contribution in [2.45, 2.75) is 41.9 Å². The van der Waals surface area contributed by atoms with E-state index in [9.17, 15) is 14.7 Å². The minimum absolute atomic E-state index is 0.125. The van der Waals surface area contributed by atoms with Crippen molar-refractivity contribution < 1.29 is 14.7 Å². The predicted molar refractivity (Wildman–Crippen MR) is 85.7 cm³/mol. The maximum absolute atomic E-state index is 12.1. The van der Waals surface area contributed by atoms with Gasteiger partial charge in [-0.25, -0.2) is 0 Å².